The molecule has 5 nitrogen and oxygen atoms in total. The standard InChI is InChI=1S/C15H13ClN4OS/c16-11-6-2-1-5-10(11)13(21)9-18-15-20-19-14(22-15)12-7-3-4-8-17-12/h1-8,13,21H,9H2,(H,18,20)/t13-/m1/s1. The van der Waals surface area contributed by atoms with Gasteiger partial charge in [0.15, 0.2) is 5.01 Å². The monoisotopic (exact) mass is 332 g/mol. The van der Waals surface area contributed by atoms with Gasteiger partial charge < -0.3 is 10.4 Å². The van der Waals surface area contributed by atoms with Gasteiger partial charge in [0.25, 0.3) is 0 Å². The van der Waals surface area contributed by atoms with E-state index in [0.29, 0.717) is 22.3 Å². The summed E-state index contributed by atoms with van der Waals surface area (Å²) < 4.78 is 0. The Kier molecular flexibility index (Phi) is 4.62. The lowest BCUT2D eigenvalue weighted by atomic mass is 10.1. The van der Waals surface area contributed by atoms with Crippen molar-refractivity contribution in [3.8, 4) is 10.7 Å². The molecule has 0 radical (unpaired) electrons. The van der Waals surface area contributed by atoms with Crippen LogP contribution in [0, 0.1) is 0 Å². The summed E-state index contributed by atoms with van der Waals surface area (Å²) >= 11 is 7.45. The molecule has 0 aliphatic heterocycles. The molecule has 2 heterocycles. The van der Waals surface area contributed by atoms with Crippen LogP contribution in [0.3, 0.4) is 0 Å². The van der Waals surface area contributed by atoms with Gasteiger partial charge in [0.05, 0.1) is 6.10 Å². The van der Waals surface area contributed by atoms with E-state index in [2.05, 4.69) is 20.5 Å². The highest BCUT2D eigenvalue weighted by Crippen LogP contribution is 2.26. The fraction of sp³-hybridized carbons (Fsp3) is 0.133. The number of anilines is 1. The molecule has 2 N–H and O–H groups in total. The molecule has 1 aromatic carbocycles. The van der Waals surface area contributed by atoms with Crippen LogP contribution in [-0.4, -0.2) is 26.8 Å². The van der Waals surface area contributed by atoms with E-state index in [-0.39, 0.29) is 0 Å². The van der Waals surface area contributed by atoms with Gasteiger partial charge in [-0.3, -0.25) is 4.98 Å². The quantitative estimate of drug-likeness (QED) is 0.749. The van der Waals surface area contributed by atoms with Crippen molar-refractivity contribution in [3.63, 3.8) is 0 Å². The molecule has 0 spiro atoms. The second kappa shape index (κ2) is 6.83. The molecule has 0 aliphatic carbocycles. The summed E-state index contributed by atoms with van der Waals surface area (Å²) in [5, 5.41) is 23.3. The first-order valence-electron chi connectivity index (χ1n) is 6.65. The van der Waals surface area contributed by atoms with Crippen LogP contribution < -0.4 is 5.32 Å². The van der Waals surface area contributed by atoms with Gasteiger partial charge in [-0.1, -0.05) is 47.2 Å². The van der Waals surface area contributed by atoms with Crippen LogP contribution in [0.2, 0.25) is 5.02 Å². The summed E-state index contributed by atoms with van der Waals surface area (Å²) in [7, 11) is 0. The number of hydrogen-bond acceptors (Lipinski definition) is 6. The van der Waals surface area contributed by atoms with Crippen molar-refractivity contribution < 1.29 is 5.11 Å². The molecule has 0 saturated heterocycles. The zero-order valence-electron chi connectivity index (χ0n) is 11.5. The van der Waals surface area contributed by atoms with Crippen LogP contribution in [0.15, 0.2) is 48.7 Å². The minimum Gasteiger partial charge on any atom is -0.387 e. The number of pyridine rings is 1. The highest BCUT2D eigenvalue weighted by molar-refractivity contribution is 7.18. The number of benzene rings is 1. The van der Waals surface area contributed by atoms with Crippen LogP contribution in [-0.2, 0) is 0 Å². The summed E-state index contributed by atoms with van der Waals surface area (Å²) in [6.07, 6.45) is 1.00. The number of hydrogen-bond donors (Lipinski definition) is 2. The van der Waals surface area contributed by atoms with E-state index < -0.39 is 6.10 Å². The zero-order chi connectivity index (χ0) is 15.4. The number of aliphatic hydroxyl groups excluding tert-OH is 1. The van der Waals surface area contributed by atoms with Gasteiger partial charge in [-0.25, -0.2) is 0 Å². The van der Waals surface area contributed by atoms with Crippen molar-refractivity contribution in [3.05, 3.63) is 59.2 Å². The van der Waals surface area contributed by atoms with Gasteiger partial charge in [0.1, 0.15) is 5.69 Å². The Morgan fingerprint density at radius 3 is 2.73 bits per heavy atom. The van der Waals surface area contributed by atoms with Crippen molar-refractivity contribution in [2.45, 2.75) is 6.10 Å². The van der Waals surface area contributed by atoms with Crippen molar-refractivity contribution in [1.82, 2.24) is 15.2 Å². The lowest BCUT2D eigenvalue weighted by Crippen LogP contribution is -2.12. The van der Waals surface area contributed by atoms with Crippen LogP contribution in [0.25, 0.3) is 10.7 Å². The molecular weight excluding hydrogens is 320 g/mol. The SMILES string of the molecule is O[C@H](CNc1nnc(-c2ccccn2)s1)c1ccccc1Cl. The third kappa shape index (κ3) is 3.41. The van der Waals surface area contributed by atoms with Gasteiger partial charge in [0.2, 0.25) is 5.13 Å². The average Bonchev–Trinajstić information content (AvgIpc) is 3.03. The first-order valence-corrected chi connectivity index (χ1v) is 7.85. The van der Waals surface area contributed by atoms with Gasteiger partial charge >= 0.3 is 0 Å². The number of nitrogens with zero attached hydrogens (tertiary/aromatic N) is 3. The number of nitrogens with one attached hydrogen (secondary N) is 1. The van der Waals surface area contributed by atoms with Gasteiger partial charge in [-0.05, 0) is 18.2 Å². The van der Waals surface area contributed by atoms with E-state index in [1.807, 2.05) is 30.3 Å². The fourth-order valence-corrected chi connectivity index (χ4v) is 2.92. The summed E-state index contributed by atoms with van der Waals surface area (Å²) in [6, 6.07) is 12.9. The average molecular weight is 333 g/mol. The molecule has 0 unspecified atom stereocenters. The second-order valence-corrected chi connectivity index (χ2v) is 5.93. The first-order chi connectivity index (χ1) is 10.7. The molecule has 1 atom stereocenters. The molecule has 0 bridgehead atoms. The van der Waals surface area contributed by atoms with E-state index in [0.717, 1.165) is 10.7 Å². The predicted molar refractivity (Wildman–Crippen MR) is 88.0 cm³/mol. The third-order valence-corrected chi connectivity index (χ3v) is 4.27. The van der Waals surface area contributed by atoms with Gasteiger partial charge in [0, 0.05) is 23.3 Å². The molecule has 112 valence electrons. The summed E-state index contributed by atoms with van der Waals surface area (Å²) in [5.41, 5.74) is 1.46. The Morgan fingerprint density at radius 1 is 1.14 bits per heavy atom. The molecular formula is C15H13ClN4OS. The number of aromatic nitrogens is 3. The largest absolute Gasteiger partial charge is 0.387 e. The first kappa shape index (κ1) is 14.9. The Morgan fingerprint density at radius 2 is 1.95 bits per heavy atom. The summed E-state index contributed by atoms with van der Waals surface area (Å²) in [6.45, 7) is 0.306. The minimum absolute atomic E-state index is 0.306. The van der Waals surface area contributed by atoms with E-state index in [1.54, 1.807) is 18.3 Å². The Labute approximate surface area is 136 Å². The van der Waals surface area contributed by atoms with Gasteiger partial charge in [-0.15, -0.1) is 10.2 Å². The van der Waals surface area contributed by atoms with Crippen LogP contribution in [0.1, 0.15) is 11.7 Å². The maximum Gasteiger partial charge on any atom is 0.206 e. The predicted octanol–water partition coefficient (Wildman–Crippen LogP) is 3.40. The molecule has 22 heavy (non-hydrogen) atoms. The summed E-state index contributed by atoms with van der Waals surface area (Å²) in [5.74, 6) is 0. The zero-order valence-corrected chi connectivity index (χ0v) is 13.1. The van der Waals surface area contributed by atoms with Crippen molar-refractivity contribution in [1.29, 1.82) is 0 Å². The molecule has 0 saturated carbocycles. The smallest absolute Gasteiger partial charge is 0.206 e. The highest BCUT2D eigenvalue weighted by Gasteiger charge is 2.12. The molecule has 3 aromatic rings. The third-order valence-electron chi connectivity index (χ3n) is 3.02. The lowest BCUT2D eigenvalue weighted by Gasteiger charge is -2.12. The number of rotatable bonds is 5. The van der Waals surface area contributed by atoms with Crippen LogP contribution in [0.5, 0.6) is 0 Å². The molecule has 2 aromatic heterocycles. The Hall–Kier alpha value is -2.02. The van der Waals surface area contributed by atoms with Crippen molar-refractivity contribution in [2.24, 2.45) is 0 Å². The maximum absolute atomic E-state index is 10.2. The van der Waals surface area contributed by atoms with Crippen molar-refractivity contribution in [2.75, 3.05) is 11.9 Å². The van der Waals surface area contributed by atoms with Crippen LogP contribution >= 0.6 is 22.9 Å². The van der Waals surface area contributed by atoms with E-state index in [9.17, 15) is 5.11 Å². The Bertz CT molecular complexity index is 750. The lowest BCUT2D eigenvalue weighted by molar-refractivity contribution is 0.191. The van der Waals surface area contributed by atoms with E-state index in [4.69, 9.17) is 11.6 Å². The normalized spacial score (nSPS) is 12.1. The molecule has 0 amide bonds. The Balaban J connectivity index is 1.65. The van der Waals surface area contributed by atoms with Crippen LogP contribution in [0.4, 0.5) is 5.13 Å². The number of halogens is 1. The number of aliphatic hydroxyl groups is 1. The maximum atomic E-state index is 10.2. The van der Waals surface area contributed by atoms with Gasteiger partial charge in [-0.2, -0.15) is 0 Å². The highest BCUT2D eigenvalue weighted by atomic mass is 35.5. The van der Waals surface area contributed by atoms with Crippen molar-refractivity contribution >= 4 is 28.1 Å². The van der Waals surface area contributed by atoms with E-state index in [1.165, 1.54) is 11.3 Å². The van der Waals surface area contributed by atoms with E-state index >= 15 is 0 Å². The molecule has 7 heteroatoms. The topological polar surface area (TPSA) is 70.9 Å². The molecule has 3 rings (SSSR count). The summed E-state index contributed by atoms with van der Waals surface area (Å²) in [4.78, 5) is 4.23. The second-order valence-electron chi connectivity index (χ2n) is 4.55. The molecule has 0 fully saturated rings. The fourth-order valence-electron chi connectivity index (χ4n) is 1.93. The molecule has 0 aliphatic rings. The minimum atomic E-state index is -0.712.